The van der Waals surface area contributed by atoms with Crippen molar-refractivity contribution in [3.05, 3.63) is 58.6 Å². The minimum atomic E-state index is -3.41. The Morgan fingerprint density at radius 2 is 1.62 bits per heavy atom. The van der Waals surface area contributed by atoms with Crippen molar-refractivity contribution in [1.82, 2.24) is 4.31 Å². The molecule has 0 radical (unpaired) electrons. The van der Waals surface area contributed by atoms with Crippen LogP contribution in [0.1, 0.15) is 11.1 Å². The maximum absolute atomic E-state index is 12.8. The molecular formula is C18H22ClN2O2S+. The molecule has 0 amide bonds. The monoisotopic (exact) mass is 365 g/mol. The van der Waals surface area contributed by atoms with Gasteiger partial charge in [0, 0.05) is 16.7 Å². The van der Waals surface area contributed by atoms with E-state index < -0.39 is 10.0 Å². The first-order chi connectivity index (χ1) is 11.4. The lowest BCUT2D eigenvalue weighted by molar-refractivity contribution is -0.837. The van der Waals surface area contributed by atoms with Crippen LogP contribution in [0.25, 0.3) is 0 Å². The van der Waals surface area contributed by atoms with E-state index in [0.717, 1.165) is 29.4 Å². The Kier molecular flexibility index (Phi) is 4.97. The second-order valence-corrected chi connectivity index (χ2v) is 8.65. The molecule has 0 saturated carbocycles. The molecule has 0 atom stereocenters. The third-order valence-electron chi connectivity index (χ3n) is 4.57. The van der Waals surface area contributed by atoms with Crippen LogP contribution in [0.15, 0.2) is 47.4 Å². The van der Waals surface area contributed by atoms with Crippen molar-refractivity contribution in [2.75, 3.05) is 26.2 Å². The van der Waals surface area contributed by atoms with Gasteiger partial charge in [-0.3, -0.25) is 0 Å². The van der Waals surface area contributed by atoms with Gasteiger partial charge in [-0.05, 0) is 32.0 Å². The number of benzene rings is 2. The van der Waals surface area contributed by atoms with E-state index in [1.165, 1.54) is 10.5 Å². The van der Waals surface area contributed by atoms with Crippen LogP contribution in [-0.2, 0) is 10.0 Å². The number of hydrogen-bond acceptors (Lipinski definition) is 2. The summed E-state index contributed by atoms with van der Waals surface area (Å²) in [5.41, 5.74) is 3.40. The highest BCUT2D eigenvalue weighted by Crippen LogP contribution is 2.19. The largest absolute Gasteiger partial charge is 0.300 e. The first kappa shape index (κ1) is 17.4. The molecule has 4 nitrogen and oxygen atoms in total. The van der Waals surface area contributed by atoms with Crippen LogP contribution in [0, 0.1) is 13.8 Å². The van der Waals surface area contributed by atoms with Crippen molar-refractivity contribution in [3.63, 3.8) is 0 Å². The van der Waals surface area contributed by atoms with Crippen molar-refractivity contribution in [2.24, 2.45) is 0 Å². The van der Waals surface area contributed by atoms with Crippen molar-refractivity contribution in [1.29, 1.82) is 0 Å². The zero-order valence-corrected chi connectivity index (χ0v) is 15.5. The molecule has 0 unspecified atom stereocenters. The number of nitrogens with one attached hydrogen (secondary N) is 1. The third kappa shape index (κ3) is 3.49. The van der Waals surface area contributed by atoms with Gasteiger partial charge in [0.1, 0.15) is 5.69 Å². The molecule has 1 aliphatic rings. The van der Waals surface area contributed by atoms with Crippen LogP contribution in [-0.4, -0.2) is 38.9 Å². The van der Waals surface area contributed by atoms with Gasteiger partial charge in [-0.2, -0.15) is 4.31 Å². The zero-order valence-electron chi connectivity index (χ0n) is 13.9. The zero-order chi connectivity index (χ0) is 17.3. The van der Waals surface area contributed by atoms with E-state index in [-0.39, 0.29) is 0 Å². The summed E-state index contributed by atoms with van der Waals surface area (Å²) in [5, 5.41) is 0.720. The second kappa shape index (κ2) is 6.84. The van der Waals surface area contributed by atoms with E-state index in [9.17, 15) is 8.42 Å². The van der Waals surface area contributed by atoms with Gasteiger partial charge >= 0.3 is 0 Å². The Bertz CT molecular complexity index is 827. The fourth-order valence-electron chi connectivity index (χ4n) is 3.10. The van der Waals surface area contributed by atoms with E-state index in [1.807, 2.05) is 37.3 Å². The second-order valence-electron chi connectivity index (χ2n) is 6.28. The molecule has 2 aromatic rings. The fraction of sp³-hybridized carbons (Fsp3) is 0.333. The summed E-state index contributed by atoms with van der Waals surface area (Å²) in [5.74, 6) is 0. The molecule has 6 heteroatoms. The van der Waals surface area contributed by atoms with Crippen LogP contribution < -0.4 is 4.90 Å². The van der Waals surface area contributed by atoms with Crippen molar-refractivity contribution in [3.8, 4) is 0 Å². The van der Waals surface area contributed by atoms with Crippen LogP contribution in [0.5, 0.6) is 0 Å². The molecule has 2 aromatic carbocycles. The van der Waals surface area contributed by atoms with Gasteiger partial charge in [0.2, 0.25) is 10.0 Å². The van der Waals surface area contributed by atoms with Crippen LogP contribution in [0.3, 0.4) is 0 Å². The van der Waals surface area contributed by atoms with E-state index >= 15 is 0 Å². The molecule has 1 saturated heterocycles. The van der Waals surface area contributed by atoms with Crippen molar-refractivity contribution in [2.45, 2.75) is 18.7 Å². The van der Waals surface area contributed by atoms with Gasteiger partial charge in [0.05, 0.1) is 31.1 Å². The van der Waals surface area contributed by atoms with E-state index in [4.69, 9.17) is 11.6 Å². The molecule has 3 rings (SSSR count). The quantitative estimate of drug-likeness (QED) is 0.905. The number of sulfonamides is 1. The molecule has 1 aliphatic heterocycles. The van der Waals surface area contributed by atoms with Gasteiger partial charge in [-0.1, -0.05) is 35.4 Å². The molecule has 0 spiro atoms. The molecule has 1 N–H and O–H groups in total. The minimum absolute atomic E-state index is 0.371. The third-order valence-corrected chi connectivity index (χ3v) is 6.71. The minimum Gasteiger partial charge on any atom is -0.300 e. The fourth-order valence-corrected chi connectivity index (χ4v) is 4.71. The SMILES string of the molecule is Cc1ccc(S(=O)(=O)N2CC[NH+](c3cc(Cl)ccc3C)CC2)cc1. The van der Waals surface area contributed by atoms with Gasteiger partial charge in [-0.25, -0.2) is 8.42 Å². The topological polar surface area (TPSA) is 41.8 Å². The number of halogens is 1. The number of hydrogen-bond donors (Lipinski definition) is 1. The Morgan fingerprint density at radius 3 is 2.25 bits per heavy atom. The van der Waals surface area contributed by atoms with E-state index in [1.54, 1.807) is 16.4 Å². The Labute approximate surface area is 148 Å². The summed E-state index contributed by atoms with van der Waals surface area (Å²) in [4.78, 5) is 1.65. The predicted octanol–water partition coefficient (Wildman–Crippen LogP) is 2.18. The van der Waals surface area contributed by atoms with E-state index in [0.29, 0.717) is 18.0 Å². The maximum atomic E-state index is 12.8. The van der Waals surface area contributed by atoms with Crippen molar-refractivity contribution < 1.29 is 13.3 Å². The van der Waals surface area contributed by atoms with Gasteiger partial charge < -0.3 is 4.90 Å². The summed E-state index contributed by atoms with van der Waals surface area (Å²) >= 11 is 6.11. The highest BCUT2D eigenvalue weighted by atomic mass is 35.5. The highest BCUT2D eigenvalue weighted by molar-refractivity contribution is 7.89. The molecular weight excluding hydrogens is 344 g/mol. The number of nitrogens with zero attached hydrogens (tertiary/aromatic N) is 1. The first-order valence-corrected chi connectivity index (χ1v) is 9.88. The highest BCUT2D eigenvalue weighted by Gasteiger charge is 2.31. The summed E-state index contributed by atoms with van der Waals surface area (Å²) in [7, 11) is -3.41. The molecule has 1 heterocycles. The van der Waals surface area contributed by atoms with E-state index in [2.05, 4.69) is 6.92 Å². The lowest BCUT2D eigenvalue weighted by atomic mass is 10.1. The Morgan fingerprint density at radius 1 is 1.00 bits per heavy atom. The summed E-state index contributed by atoms with van der Waals surface area (Å²) < 4.78 is 27.1. The molecule has 0 aromatic heterocycles. The normalized spacial score (nSPS) is 17.1. The number of rotatable bonds is 3. The molecule has 24 heavy (non-hydrogen) atoms. The van der Waals surface area contributed by atoms with Crippen LogP contribution >= 0.6 is 11.6 Å². The number of piperazine rings is 1. The Hall–Kier alpha value is -1.40. The van der Waals surface area contributed by atoms with Gasteiger partial charge in [0.25, 0.3) is 0 Å². The lowest BCUT2D eigenvalue weighted by Gasteiger charge is -2.32. The average molecular weight is 366 g/mol. The predicted molar refractivity (Wildman–Crippen MR) is 96.5 cm³/mol. The van der Waals surface area contributed by atoms with Gasteiger partial charge in [0.15, 0.2) is 0 Å². The summed E-state index contributed by atoms with van der Waals surface area (Å²) in [6.07, 6.45) is 0. The smallest absolute Gasteiger partial charge is 0.243 e. The first-order valence-electron chi connectivity index (χ1n) is 8.06. The summed E-state index contributed by atoms with van der Waals surface area (Å²) in [6.45, 7) is 6.52. The average Bonchev–Trinajstić information content (AvgIpc) is 2.57. The summed E-state index contributed by atoms with van der Waals surface area (Å²) in [6, 6.07) is 12.9. The standard InChI is InChI=1S/C18H21ClN2O2S/c1-14-3-7-17(8-4-14)24(22,23)21-11-9-20(10-12-21)18-13-16(19)6-5-15(18)2/h3-8,13H,9-12H2,1-2H3/p+1. The Balaban J connectivity index is 1.75. The number of aryl methyl sites for hydroxylation is 2. The lowest BCUT2D eigenvalue weighted by Crippen LogP contribution is -3.10. The molecule has 128 valence electrons. The van der Waals surface area contributed by atoms with Crippen LogP contribution in [0.4, 0.5) is 5.69 Å². The maximum Gasteiger partial charge on any atom is 0.243 e. The molecule has 0 bridgehead atoms. The van der Waals surface area contributed by atoms with Crippen LogP contribution in [0.2, 0.25) is 5.02 Å². The number of quaternary nitrogens is 1. The van der Waals surface area contributed by atoms with Gasteiger partial charge in [-0.15, -0.1) is 0 Å². The molecule has 0 aliphatic carbocycles. The molecule has 1 fully saturated rings. The van der Waals surface area contributed by atoms with Crippen molar-refractivity contribution >= 4 is 27.3 Å².